The number of nitrogens with one attached hydrogen (secondary N) is 1. The van der Waals surface area contributed by atoms with Crippen LogP contribution in [-0.2, 0) is 4.74 Å². The van der Waals surface area contributed by atoms with Gasteiger partial charge >= 0.3 is 0 Å². The Morgan fingerprint density at radius 3 is 2.81 bits per heavy atom. The van der Waals surface area contributed by atoms with Crippen LogP contribution >= 0.6 is 0 Å². The van der Waals surface area contributed by atoms with Gasteiger partial charge in [0.1, 0.15) is 5.82 Å². The van der Waals surface area contributed by atoms with Crippen molar-refractivity contribution in [2.75, 3.05) is 19.9 Å². The van der Waals surface area contributed by atoms with Crippen LogP contribution in [0.2, 0.25) is 0 Å². The fraction of sp³-hybridized carbons (Fsp3) is 0.583. The van der Waals surface area contributed by atoms with Gasteiger partial charge in [-0.1, -0.05) is 0 Å². The quantitative estimate of drug-likeness (QED) is 0.797. The highest BCUT2D eigenvalue weighted by Crippen LogP contribution is 2.24. The van der Waals surface area contributed by atoms with Gasteiger partial charge in [-0.15, -0.1) is 0 Å². The van der Waals surface area contributed by atoms with Crippen molar-refractivity contribution >= 4 is 5.82 Å². The molecule has 0 aliphatic heterocycles. The predicted molar refractivity (Wildman–Crippen MR) is 66.3 cm³/mol. The summed E-state index contributed by atoms with van der Waals surface area (Å²) in [6.45, 7) is 4.06. The Morgan fingerprint density at radius 2 is 2.25 bits per heavy atom. The lowest BCUT2D eigenvalue weighted by Crippen LogP contribution is -2.23. The Kier molecular flexibility index (Phi) is 4.71. The number of pyridine rings is 1. The molecule has 0 aliphatic rings. The molecule has 0 aliphatic carbocycles. The SMILES string of the molecule is CNC(CC(C)OC)c1cc(C)cnc1N. The summed E-state index contributed by atoms with van der Waals surface area (Å²) in [5.41, 5.74) is 8.06. The standard InChI is InChI=1S/C12H21N3O/c1-8-5-10(12(13)15-7-8)11(14-3)6-9(2)16-4/h5,7,9,11,14H,6H2,1-4H3,(H2,13,15). The molecule has 16 heavy (non-hydrogen) atoms. The summed E-state index contributed by atoms with van der Waals surface area (Å²) in [5, 5.41) is 3.25. The summed E-state index contributed by atoms with van der Waals surface area (Å²) in [4.78, 5) is 4.18. The van der Waals surface area contributed by atoms with Gasteiger partial charge in [-0.3, -0.25) is 0 Å². The normalized spacial score (nSPS) is 14.8. The van der Waals surface area contributed by atoms with E-state index in [1.165, 1.54) is 0 Å². The number of nitrogen functional groups attached to an aromatic ring is 1. The average molecular weight is 223 g/mol. The molecule has 2 unspecified atom stereocenters. The van der Waals surface area contributed by atoms with E-state index in [-0.39, 0.29) is 12.1 Å². The van der Waals surface area contributed by atoms with Crippen molar-refractivity contribution in [2.24, 2.45) is 0 Å². The number of hydrogen-bond donors (Lipinski definition) is 2. The second-order valence-electron chi connectivity index (χ2n) is 4.11. The Bertz CT molecular complexity index is 341. The zero-order valence-corrected chi connectivity index (χ0v) is 10.4. The maximum Gasteiger partial charge on any atom is 0.128 e. The minimum atomic E-state index is 0.183. The van der Waals surface area contributed by atoms with Crippen LogP contribution in [-0.4, -0.2) is 25.2 Å². The minimum absolute atomic E-state index is 0.183. The third-order valence-electron chi connectivity index (χ3n) is 2.78. The molecule has 3 N–H and O–H groups in total. The molecule has 0 spiro atoms. The number of hydrogen-bond acceptors (Lipinski definition) is 4. The summed E-state index contributed by atoms with van der Waals surface area (Å²) in [7, 11) is 3.64. The lowest BCUT2D eigenvalue weighted by atomic mass is 10.0. The van der Waals surface area contributed by atoms with Crippen LogP contribution in [0.25, 0.3) is 0 Å². The second-order valence-corrected chi connectivity index (χ2v) is 4.11. The molecule has 1 heterocycles. The molecule has 1 rings (SSSR count). The fourth-order valence-electron chi connectivity index (χ4n) is 1.71. The molecule has 0 aromatic carbocycles. The fourth-order valence-corrected chi connectivity index (χ4v) is 1.71. The Balaban J connectivity index is 2.89. The van der Waals surface area contributed by atoms with Crippen LogP contribution in [0.3, 0.4) is 0 Å². The van der Waals surface area contributed by atoms with Gasteiger partial charge in [0.2, 0.25) is 0 Å². The van der Waals surface area contributed by atoms with Gasteiger partial charge in [0.25, 0.3) is 0 Å². The molecule has 0 fully saturated rings. The molecular weight excluding hydrogens is 202 g/mol. The number of nitrogens with zero attached hydrogens (tertiary/aromatic N) is 1. The molecule has 4 heteroatoms. The highest BCUT2D eigenvalue weighted by atomic mass is 16.5. The maximum atomic E-state index is 5.89. The number of methoxy groups -OCH3 is 1. The van der Waals surface area contributed by atoms with Crippen molar-refractivity contribution in [1.82, 2.24) is 10.3 Å². The van der Waals surface area contributed by atoms with Gasteiger partial charge in [0, 0.05) is 24.9 Å². The van der Waals surface area contributed by atoms with Crippen molar-refractivity contribution < 1.29 is 4.74 Å². The van der Waals surface area contributed by atoms with E-state index in [1.807, 2.05) is 20.9 Å². The maximum absolute atomic E-state index is 5.89. The van der Waals surface area contributed by atoms with Crippen LogP contribution in [0.1, 0.15) is 30.5 Å². The van der Waals surface area contributed by atoms with Gasteiger partial charge in [0.15, 0.2) is 0 Å². The van der Waals surface area contributed by atoms with Gasteiger partial charge in [-0.05, 0) is 38.9 Å². The molecular formula is C12H21N3O. The number of nitrogens with two attached hydrogens (primary N) is 1. The lowest BCUT2D eigenvalue weighted by molar-refractivity contribution is 0.101. The summed E-state index contributed by atoms with van der Waals surface area (Å²) >= 11 is 0. The summed E-state index contributed by atoms with van der Waals surface area (Å²) in [6, 6.07) is 2.26. The first-order valence-corrected chi connectivity index (χ1v) is 5.50. The third kappa shape index (κ3) is 3.18. The molecule has 0 saturated carbocycles. The largest absolute Gasteiger partial charge is 0.383 e. The lowest BCUT2D eigenvalue weighted by Gasteiger charge is -2.21. The highest BCUT2D eigenvalue weighted by molar-refractivity contribution is 5.43. The van der Waals surface area contributed by atoms with E-state index in [2.05, 4.69) is 16.4 Å². The molecule has 0 bridgehead atoms. The molecule has 4 nitrogen and oxygen atoms in total. The van der Waals surface area contributed by atoms with Gasteiger partial charge in [-0.25, -0.2) is 4.98 Å². The first-order chi connectivity index (χ1) is 7.58. The van der Waals surface area contributed by atoms with Crippen molar-refractivity contribution in [3.05, 3.63) is 23.4 Å². The highest BCUT2D eigenvalue weighted by Gasteiger charge is 2.16. The Labute approximate surface area is 97.2 Å². The number of rotatable bonds is 5. The summed E-state index contributed by atoms with van der Waals surface area (Å²) < 4.78 is 5.27. The summed E-state index contributed by atoms with van der Waals surface area (Å²) in [6.07, 6.45) is 2.85. The first kappa shape index (κ1) is 12.9. The second kappa shape index (κ2) is 5.82. The van der Waals surface area contributed by atoms with Crippen LogP contribution in [0.4, 0.5) is 5.82 Å². The number of aryl methyl sites for hydroxylation is 1. The average Bonchev–Trinajstić information content (AvgIpc) is 2.29. The summed E-state index contributed by atoms with van der Waals surface area (Å²) in [5.74, 6) is 0.591. The van der Waals surface area contributed by atoms with E-state index < -0.39 is 0 Å². The van der Waals surface area contributed by atoms with E-state index in [0.717, 1.165) is 17.5 Å². The Hall–Kier alpha value is -1.13. The smallest absolute Gasteiger partial charge is 0.128 e. The van der Waals surface area contributed by atoms with Crippen molar-refractivity contribution in [3.8, 4) is 0 Å². The van der Waals surface area contributed by atoms with E-state index in [4.69, 9.17) is 10.5 Å². The van der Waals surface area contributed by atoms with Gasteiger partial charge < -0.3 is 15.8 Å². The zero-order chi connectivity index (χ0) is 12.1. The minimum Gasteiger partial charge on any atom is -0.383 e. The van der Waals surface area contributed by atoms with Gasteiger partial charge in [-0.2, -0.15) is 0 Å². The number of aromatic nitrogens is 1. The molecule has 1 aromatic rings. The molecule has 0 radical (unpaired) electrons. The molecule has 1 aromatic heterocycles. The molecule has 0 saturated heterocycles. The van der Waals surface area contributed by atoms with E-state index in [9.17, 15) is 0 Å². The van der Waals surface area contributed by atoms with E-state index in [0.29, 0.717) is 5.82 Å². The monoisotopic (exact) mass is 223 g/mol. The van der Waals surface area contributed by atoms with E-state index >= 15 is 0 Å². The topological polar surface area (TPSA) is 60.2 Å². The van der Waals surface area contributed by atoms with Crippen LogP contribution in [0.5, 0.6) is 0 Å². The predicted octanol–water partition coefficient (Wildman–Crippen LogP) is 1.66. The Morgan fingerprint density at radius 1 is 1.56 bits per heavy atom. The molecule has 0 amide bonds. The van der Waals surface area contributed by atoms with Crippen LogP contribution < -0.4 is 11.1 Å². The number of anilines is 1. The zero-order valence-electron chi connectivity index (χ0n) is 10.4. The third-order valence-corrected chi connectivity index (χ3v) is 2.78. The van der Waals surface area contributed by atoms with Crippen molar-refractivity contribution in [2.45, 2.75) is 32.4 Å². The van der Waals surface area contributed by atoms with Crippen molar-refractivity contribution in [3.63, 3.8) is 0 Å². The van der Waals surface area contributed by atoms with Crippen LogP contribution in [0.15, 0.2) is 12.3 Å². The molecule has 90 valence electrons. The van der Waals surface area contributed by atoms with E-state index in [1.54, 1.807) is 13.3 Å². The van der Waals surface area contributed by atoms with Crippen molar-refractivity contribution in [1.29, 1.82) is 0 Å². The first-order valence-electron chi connectivity index (χ1n) is 5.50. The molecule has 2 atom stereocenters. The van der Waals surface area contributed by atoms with Gasteiger partial charge in [0.05, 0.1) is 6.10 Å². The number of ether oxygens (including phenoxy) is 1. The van der Waals surface area contributed by atoms with Crippen LogP contribution in [0, 0.1) is 6.92 Å².